The van der Waals surface area contributed by atoms with E-state index in [0.717, 1.165) is 5.56 Å². The van der Waals surface area contributed by atoms with Gasteiger partial charge >= 0.3 is 0 Å². The number of methoxy groups -OCH3 is 1. The third-order valence-corrected chi connectivity index (χ3v) is 4.76. The van der Waals surface area contributed by atoms with Crippen molar-refractivity contribution in [3.05, 3.63) is 28.8 Å². The van der Waals surface area contributed by atoms with Crippen LogP contribution < -0.4 is 10.0 Å². The van der Waals surface area contributed by atoms with Crippen molar-refractivity contribution in [2.75, 3.05) is 20.8 Å². The van der Waals surface area contributed by atoms with Gasteiger partial charge in [0.2, 0.25) is 10.0 Å². The summed E-state index contributed by atoms with van der Waals surface area (Å²) in [5.74, 6) is 0. The zero-order valence-electron chi connectivity index (χ0n) is 11.9. The highest BCUT2D eigenvalue weighted by Crippen LogP contribution is 2.20. The molecule has 0 amide bonds. The van der Waals surface area contributed by atoms with Crippen molar-refractivity contribution in [2.45, 2.75) is 30.8 Å². The van der Waals surface area contributed by atoms with Crippen molar-refractivity contribution in [1.29, 1.82) is 0 Å². The average Bonchev–Trinajstić information content (AvgIpc) is 2.40. The Hall–Kier alpha value is -0.660. The summed E-state index contributed by atoms with van der Waals surface area (Å²) in [5.41, 5.74) is 0.747. The molecule has 0 aromatic heterocycles. The van der Waals surface area contributed by atoms with Gasteiger partial charge in [0.25, 0.3) is 0 Å². The second-order valence-electron chi connectivity index (χ2n) is 4.47. The highest BCUT2D eigenvalue weighted by molar-refractivity contribution is 7.89. The van der Waals surface area contributed by atoms with Crippen LogP contribution in [0.2, 0.25) is 5.02 Å². The predicted octanol–water partition coefficient (Wildman–Crippen LogP) is 1.76. The second kappa shape index (κ2) is 7.95. The minimum absolute atomic E-state index is 0.210. The van der Waals surface area contributed by atoms with Crippen LogP contribution in [0.3, 0.4) is 0 Å². The van der Waals surface area contributed by atoms with Crippen molar-refractivity contribution in [1.82, 2.24) is 10.0 Å². The Morgan fingerprint density at radius 3 is 2.65 bits per heavy atom. The van der Waals surface area contributed by atoms with E-state index in [9.17, 15) is 8.42 Å². The highest BCUT2D eigenvalue weighted by Gasteiger charge is 2.19. The fourth-order valence-corrected chi connectivity index (χ4v) is 3.31. The quantitative estimate of drug-likeness (QED) is 0.766. The van der Waals surface area contributed by atoms with Gasteiger partial charge in [-0.25, -0.2) is 13.1 Å². The van der Waals surface area contributed by atoms with E-state index in [-0.39, 0.29) is 10.9 Å². The molecule has 0 aliphatic rings. The maximum atomic E-state index is 12.3. The van der Waals surface area contributed by atoms with Crippen LogP contribution in [0.25, 0.3) is 0 Å². The first-order chi connectivity index (χ1) is 9.44. The molecule has 1 rings (SSSR count). The van der Waals surface area contributed by atoms with E-state index in [4.69, 9.17) is 16.3 Å². The van der Waals surface area contributed by atoms with Gasteiger partial charge in [0.15, 0.2) is 0 Å². The number of hydrogen-bond donors (Lipinski definition) is 2. The number of rotatable bonds is 8. The lowest BCUT2D eigenvalue weighted by molar-refractivity contribution is 0.173. The minimum atomic E-state index is -3.57. The Kier molecular flexibility index (Phi) is 6.91. The SMILES string of the molecule is CCC(COC)NS(=O)(=O)c1ccc(Cl)c(CNC)c1. The molecule has 20 heavy (non-hydrogen) atoms. The first-order valence-electron chi connectivity index (χ1n) is 6.38. The maximum Gasteiger partial charge on any atom is 0.240 e. The van der Waals surface area contributed by atoms with E-state index in [2.05, 4.69) is 10.0 Å². The van der Waals surface area contributed by atoms with Crippen molar-refractivity contribution in [3.63, 3.8) is 0 Å². The fourth-order valence-electron chi connectivity index (χ4n) is 1.77. The second-order valence-corrected chi connectivity index (χ2v) is 6.59. The Morgan fingerprint density at radius 2 is 2.10 bits per heavy atom. The summed E-state index contributed by atoms with van der Waals surface area (Å²) in [6.07, 6.45) is 0.657. The van der Waals surface area contributed by atoms with Crippen LogP contribution in [-0.4, -0.2) is 35.2 Å². The summed E-state index contributed by atoms with van der Waals surface area (Å²) in [7, 11) is -0.243. The first-order valence-corrected chi connectivity index (χ1v) is 8.25. The molecule has 0 heterocycles. The molecule has 5 nitrogen and oxygen atoms in total. The minimum Gasteiger partial charge on any atom is -0.383 e. The molecule has 0 aliphatic heterocycles. The average molecular weight is 321 g/mol. The van der Waals surface area contributed by atoms with E-state index in [0.29, 0.717) is 24.6 Å². The lowest BCUT2D eigenvalue weighted by Crippen LogP contribution is -2.37. The third kappa shape index (κ3) is 4.71. The molecule has 0 fully saturated rings. The summed E-state index contributed by atoms with van der Waals surface area (Å²) in [6.45, 7) is 2.75. The number of halogens is 1. The number of nitrogens with one attached hydrogen (secondary N) is 2. The summed E-state index contributed by atoms with van der Waals surface area (Å²) in [5, 5.41) is 3.50. The molecule has 2 N–H and O–H groups in total. The molecule has 0 spiro atoms. The van der Waals surface area contributed by atoms with E-state index in [1.807, 2.05) is 6.92 Å². The standard InChI is InChI=1S/C13H21ClN2O3S/c1-4-11(9-19-3)16-20(17,18)12-5-6-13(14)10(7-12)8-15-2/h5-7,11,15-16H,4,8-9H2,1-3H3. The van der Waals surface area contributed by atoms with Crippen molar-refractivity contribution in [2.24, 2.45) is 0 Å². The van der Waals surface area contributed by atoms with E-state index in [1.54, 1.807) is 26.3 Å². The third-order valence-electron chi connectivity index (χ3n) is 2.88. The van der Waals surface area contributed by atoms with Gasteiger partial charge in [0.1, 0.15) is 0 Å². The molecule has 1 aromatic rings. The normalized spacial score (nSPS) is 13.4. The van der Waals surface area contributed by atoms with Crippen LogP contribution in [0.15, 0.2) is 23.1 Å². The molecular weight excluding hydrogens is 300 g/mol. The molecule has 1 unspecified atom stereocenters. The van der Waals surface area contributed by atoms with E-state index in [1.165, 1.54) is 6.07 Å². The molecule has 0 aliphatic carbocycles. The predicted molar refractivity (Wildman–Crippen MR) is 80.5 cm³/mol. The zero-order chi connectivity index (χ0) is 15.2. The van der Waals surface area contributed by atoms with Gasteiger partial charge in [-0.2, -0.15) is 0 Å². The Bertz CT molecular complexity index is 534. The maximum absolute atomic E-state index is 12.3. The Morgan fingerprint density at radius 1 is 1.40 bits per heavy atom. The van der Waals surface area contributed by atoms with Gasteiger partial charge in [-0.05, 0) is 37.2 Å². The van der Waals surface area contributed by atoms with Crippen molar-refractivity contribution >= 4 is 21.6 Å². The monoisotopic (exact) mass is 320 g/mol. The van der Waals surface area contributed by atoms with Crippen LogP contribution in [0.1, 0.15) is 18.9 Å². The van der Waals surface area contributed by atoms with E-state index >= 15 is 0 Å². The summed E-state index contributed by atoms with van der Waals surface area (Å²) in [4.78, 5) is 0.210. The summed E-state index contributed by atoms with van der Waals surface area (Å²) >= 11 is 6.03. The van der Waals surface area contributed by atoms with Gasteiger partial charge in [-0.1, -0.05) is 18.5 Å². The molecule has 0 saturated carbocycles. The van der Waals surface area contributed by atoms with Gasteiger partial charge < -0.3 is 10.1 Å². The molecule has 1 atom stereocenters. The van der Waals surface area contributed by atoms with Crippen molar-refractivity contribution in [3.8, 4) is 0 Å². The molecule has 7 heteroatoms. The summed E-state index contributed by atoms with van der Waals surface area (Å²) in [6, 6.07) is 4.44. The first kappa shape index (κ1) is 17.4. The smallest absolute Gasteiger partial charge is 0.240 e. The molecule has 114 valence electrons. The van der Waals surface area contributed by atoms with Crippen LogP contribution in [-0.2, 0) is 21.3 Å². The molecule has 0 bridgehead atoms. The summed E-state index contributed by atoms with van der Waals surface area (Å²) < 4.78 is 32.3. The lowest BCUT2D eigenvalue weighted by Gasteiger charge is -2.16. The Balaban J connectivity index is 3.00. The van der Waals surface area contributed by atoms with Crippen LogP contribution in [0.5, 0.6) is 0 Å². The van der Waals surface area contributed by atoms with Gasteiger partial charge in [0.05, 0.1) is 11.5 Å². The van der Waals surface area contributed by atoms with Crippen LogP contribution in [0.4, 0.5) is 0 Å². The van der Waals surface area contributed by atoms with Gasteiger partial charge in [0, 0.05) is 24.7 Å². The highest BCUT2D eigenvalue weighted by atomic mass is 35.5. The molecular formula is C13H21ClN2O3S. The molecule has 0 saturated heterocycles. The topological polar surface area (TPSA) is 67.4 Å². The van der Waals surface area contributed by atoms with E-state index < -0.39 is 10.0 Å². The van der Waals surface area contributed by atoms with Crippen LogP contribution >= 0.6 is 11.6 Å². The van der Waals surface area contributed by atoms with Crippen LogP contribution in [0, 0.1) is 0 Å². The van der Waals surface area contributed by atoms with Gasteiger partial charge in [-0.15, -0.1) is 0 Å². The lowest BCUT2D eigenvalue weighted by atomic mass is 10.2. The number of hydrogen-bond acceptors (Lipinski definition) is 4. The number of sulfonamides is 1. The fraction of sp³-hybridized carbons (Fsp3) is 0.538. The largest absolute Gasteiger partial charge is 0.383 e. The zero-order valence-corrected chi connectivity index (χ0v) is 13.5. The number of benzene rings is 1. The molecule has 1 aromatic carbocycles. The molecule has 0 radical (unpaired) electrons. The van der Waals surface area contributed by atoms with Crippen molar-refractivity contribution < 1.29 is 13.2 Å². The van der Waals surface area contributed by atoms with Gasteiger partial charge in [-0.3, -0.25) is 0 Å². The Labute approximate surface area is 125 Å². The number of ether oxygens (including phenoxy) is 1.